The number of para-hydroxylation sites is 1. The van der Waals surface area contributed by atoms with Crippen LogP contribution in [0.25, 0.3) is 11.0 Å². The van der Waals surface area contributed by atoms with E-state index in [1.807, 2.05) is 25.2 Å². The normalized spacial score (nSPS) is 22.2. The van der Waals surface area contributed by atoms with Crippen molar-refractivity contribution >= 4 is 17.1 Å². The number of carbonyl (C=O) groups is 1. The molecular formula is C20H20ClFN2O3. The molecule has 0 bridgehead atoms. The molecule has 0 aliphatic carbocycles. The van der Waals surface area contributed by atoms with E-state index in [1.165, 1.54) is 6.07 Å². The molecule has 3 aromatic rings. The van der Waals surface area contributed by atoms with Crippen LogP contribution >= 0.6 is 0 Å². The van der Waals surface area contributed by atoms with E-state index >= 15 is 0 Å². The fraction of sp³-hybridized carbons (Fsp3) is 0.300. The zero-order valence-electron chi connectivity index (χ0n) is 14.9. The van der Waals surface area contributed by atoms with Gasteiger partial charge in [0.1, 0.15) is 11.6 Å². The summed E-state index contributed by atoms with van der Waals surface area (Å²) in [7, 11) is 1.88. The van der Waals surface area contributed by atoms with Crippen molar-refractivity contribution < 1.29 is 35.3 Å². The molecule has 2 aromatic carbocycles. The fourth-order valence-electron chi connectivity index (χ4n) is 3.54. The summed E-state index contributed by atoms with van der Waals surface area (Å²) in [5, 5.41) is 4.56. The summed E-state index contributed by atoms with van der Waals surface area (Å²) in [5.41, 5.74) is 1.12. The van der Waals surface area contributed by atoms with Crippen LogP contribution in [-0.4, -0.2) is 35.9 Å². The maximum absolute atomic E-state index is 14.2. The van der Waals surface area contributed by atoms with Gasteiger partial charge in [-0.05, 0) is 24.3 Å². The number of hydrogen-bond acceptors (Lipinski definition) is 4. The van der Waals surface area contributed by atoms with Crippen molar-refractivity contribution in [2.75, 3.05) is 20.1 Å². The third-order valence-corrected chi connectivity index (χ3v) is 5.19. The van der Waals surface area contributed by atoms with Crippen molar-refractivity contribution in [3.05, 3.63) is 60.0 Å². The summed E-state index contributed by atoms with van der Waals surface area (Å²) >= 11 is 0. The quantitative estimate of drug-likeness (QED) is 0.622. The van der Waals surface area contributed by atoms with Gasteiger partial charge in [0.2, 0.25) is 0 Å². The van der Waals surface area contributed by atoms with Gasteiger partial charge in [0.15, 0.2) is 5.58 Å². The fourth-order valence-corrected chi connectivity index (χ4v) is 3.54. The highest BCUT2D eigenvalue weighted by Crippen LogP contribution is 2.35. The number of rotatable bonds is 2. The Morgan fingerprint density at radius 2 is 1.85 bits per heavy atom. The van der Waals surface area contributed by atoms with Crippen molar-refractivity contribution in [3.8, 4) is 5.75 Å². The van der Waals surface area contributed by atoms with E-state index < -0.39 is 0 Å². The third-order valence-electron chi connectivity index (χ3n) is 5.19. The van der Waals surface area contributed by atoms with Crippen LogP contribution in [0.3, 0.4) is 0 Å². The Balaban J connectivity index is 0.00000210. The largest absolute Gasteiger partial charge is 1.00 e. The summed E-state index contributed by atoms with van der Waals surface area (Å²) in [5.74, 6) is 0.303. The molecule has 1 amide bonds. The number of benzene rings is 2. The first-order valence-corrected chi connectivity index (χ1v) is 8.72. The highest BCUT2D eigenvalue weighted by Gasteiger charge is 2.40. The molecule has 1 aliphatic heterocycles. The van der Waals surface area contributed by atoms with Gasteiger partial charge in [-0.3, -0.25) is 0 Å². The predicted molar refractivity (Wildman–Crippen MR) is 94.3 cm³/mol. The Bertz CT molecular complexity index is 937. The van der Waals surface area contributed by atoms with E-state index in [2.05, 4.69) is 5.16 Å². The van der Waals surface area contributed by atoms with E-state index in [0.717, 1.165) is 12.8 Å². The molecule has 2 heterocycles. The minimum absolute atomic E-state index is 0. The summed E-state index contributed by atoms with van der Waals surface area (Å²) < 4.78 is 25.2. The molecule has 0 saturated carbocycles. The molecule has 1 aromatic heterocycles. The topological polar surface area (TPSA) is 52.3 Å². The van der Waals surface area contributed by atoms with Gasteiger partial charge >= 0.3 is 6.09 Å². The molecular weight excluding hydrogens is 371 g/mol. The zero-order valence-corrected chi connectivity index (χ0v) is 15.7. The maximum atomic E-state index is 14.2. The zero-order chi connectivity index (χ0) is 18.1. The van der Waals surface area contributed by atoms with Gasteiger partial charge < -0.3 is 21.7 Å². The molecule has 0 N–H and O–H groups in total. The average molecular weight is 391 g/mol. The van der Waals surface area contributed by atoms with Gasteiger partial charge in [-0.1, -0.05) is 29.4 Å². The number of halogens is 2. The summed E-state index contributed by atoms with van der Waals surface area (Å²) in [6.45, 7) is 1.22. The Morgan fingerprint density at radius 3 is 2.56 bits per heavy atom. The van der Waals surface area contributed by atoms with Crippen LogP contribution in [0, 0.1) is 5.82 Å². The molecule has 4 rings (SSSR count). The molecule has 27 heavy (non-hydrogen) atoms. The van der Waals surface area contributed by atoms with Crippen molar-refractivity contribution in [3.63, 3.8) is 0 Å². The number of quaternary nitrogens is 1. The monoisotopic (exact) mass is 390 g/mol. The van der Waals surface area contributed by atoms with Crippen LogP contribution in [0.1, 0.15) is 24.5 Å². The predicted octanol–water partition coefficient (Wildman–Crippen LogP) is 1.49. The van der Waals surface area contributed by atoms with Crippen molar-refractivity contribution in [2.24, 2.45) is 0 Å². The number of hydrogen-bond donors (Lipinski definition) is 0. The van der Waals surface area contributed by atoms with Gasteiger partial charge in [0.25, 0.3) is 0 Å². The number of amides is 1. The van der Waals surface area contributed by atoms with Gasteiger partial charge in [0.05, 0.1) is 31.2 Å². The lowest BCUT2D eigenvalue weighted by atomic mass is 9.90. The summed E-state index contributed by atoms with van der Waals surface area (Å²) in [6.07, 6.45) is 1.16. The van der Waals surface area contributed by atoms with E-state index in [1.54, 1.807) is 24.3 Å². The SMILES string of the molecule is C[N+]1(C(=O)Oc2ccccc2)CCC(c2noc3cccc(F)c23)CC1.[Cl-]. The maximum Gasteiger partial charge on any atom is 0.521 e. The second kappa shape index (κ2) is 7.66. The van der Waals surface area contributed by atoms with Gasteiger partial charge in [0, 0.05) is 18.8 Å². The van der Waals surface area contributed by atoms with Gasteiger partial charge in [-0.15, -0.1) is 0 Å². The molecule has 1 aliphatic rings. The van der Waals surface area contributed by atoms with Crippen molar-refractivity contribution in [1.82, 2.24) is 5.16 Å². The van der Waals surface area contributed by atoms with Crippen LogP contribution in [-0.2, 0) is 0 Å². The van der Waals surface area contributed by atoms with E-state index in [-0.39, 0.29) is 34.7 Å². The lowest BCUT2D eigenvalue weighted by Crippen LogP contribution is -3.00. The number of nitrogens with zero attached hydrogens (tertiary/aromatic N) is 2. The average Bonchev–Trinajstić information content (AvgIpc) is 3.09. The van der Waals surface area contributed by atoms with Gasteiger partial charge in [-0.2, -0.15) is 4.79 Å². The van der Waals surface area contributed by atoms with Crippen LogP contribution in [0.4, 0.5) is 9.18 Å². The van der Waals surface area contributed by atoms with E-state index in [0.29, 0.717) is 35.5 Å². The Hall–Kier alpha value is -2.44. The minimum atomic E-state index is -0.315. The summed E-state index contributed by atoms with van der Waals surface area (Å²) in [4.78, 5) is 12.6. The molecule has 0 radical (unpaired) electrons. The second-order valence-electron chi connectivity index (χ2n) is 6.98. The first-order valence-electron chi connectivity index (χ1n) is 8.72. The molecule has 7 heteroatoms. The Kier molecular flexibility index (Phi) is 5.48. The summed E-state index contributed by atoms with van der Waals surface area (Å²) in [6, 6.07) is 13.8. The molecule has 1 saturated heterocycles. The number of aromatic nitrogens is 1. The highest BCUT2D eigenvalue weighted by molar-refractivity contribution is 5.80. The molecule has 0 atom stereocenters. The second-order valence-corrected chi connectivity index (χ2v) is 6.98. The van der Waals surface area contributed by atoms with E-state index in [4.69, 9.17) is 9.26 Å². The van der Waals surface area contributed by atoms with E-state index in [9.17, 15) is 9.18 Å². The lowest BCUT2D eigenvalue weighted by Gasteiger charge is -2.36. The Morgan fingerprint density at radius 1 is 1.15 bits per heavy atom. The highest BCUT2D eigenvalue weighted by atomic mass is 35.5. The molecule has 0 unspecified atom stereocenters. The number of piperidine rings is 1. The van der Waals surface area contributed by atoms with Crippen molar-refractivity contribution in [2.45, 2.75) is 18.8 Å². The number of ether oxygens (including phenoxy) is 1. The molecule has 0 spiro atoms. The standard InChI is InChI=1S/C20H20FN2O3.ClH/c1-23(20(24)25-15-6-3-2-4-7-15)12-10-14(11-13-23)19-18-16(21)8-5-9-17(18)26-22-19;/h2-9,14H,10-13H2,1H3;1H/q+1;/p-1. The first kappa shape index (κ1) is 19.3. The van der Waals surface area contributed by atoms with Crippen LogP contribution in [0.15, 0.2) is 53.1 Å². The van der Waals surface area contributed by atoms with Crippen LogP contribution in [0.5, 0.6) is 5.75 Å². The first-order chi connectivity index (χ1) is 12.6. The van der Waals surface area contributed by atoms with Crippen LogP contribution in [0.2, 0.25) is 0 Å². The van der Waals surface area contributed by atoms with Gasteiger partial charge in [-0.25, -0.2) is 8.87 Å². The third kappa shape index (κ3) is 3.68. The minimum Gasteiger partial charge on any atom is -1.00 e. The molecule has 142 valence electrons. The van der Waals surface area contributed by atoms with Crippen LogP contribution < -0.4 is 17.1 Å². The molecule has 5 nitrogen and oxygen atoms in total. The number of likely N-dealkylation sites (tertiary alicyclic amines) is 1. The molecule has 1 fully saturated rings. The lowest BCUT2D eigenvalue weighted by molar-refractivity contribution is -0.841. The smallest absolute Gasteiger partial charge is 0.521 e. The number of carbonyl (C=O) groups excluding carboxylic acids is 1. The van der Waals surface area contributed by atoms with Crippen molar-refractivity contribution in [1.29, 1.82) is 0 Å². The number of fused-ring (bicyclic) bond motifs is 1. The Labute approximate surface area is 162 Å².